The van der Waals surface area contributed by atoms with E-state index in [9.17, 15) is 9.59 Å². The summed E-state index contributed by atoms with van der Waals surface area (Å²) in [6.07, 6.45) is 2.68. The van der Waals surface area contributed by atoms with Gasteiger partial charge in [0, 0.05) is 39.1 Å². The average Bonchev–Trinajstić information content (AvgIpc) is 2.75. The summed E-state index contributed by atoms with van der Waals surface area (Å²) in [6.45, 7) is 4.90. The lowest BCUT2D eigenvalue weighted by atomic mass is 10.0. The standard InChI is InChI=1S/C12H21N3O2/c1-13-3-2-11(9-13)8-12(17)15-6-4-14(10-16)5-7-15/h10-11H,2-9H2,1H3. The third-order valence-electron chi connectivity index (χ3n) is 3.77. The lowest BCUT2D eigenvalue weighted by Crippen LogP contribution is -2.48. The molecular formula is C12H21N3O2. The molecule has 2 aliphatic rings. The molecule has 17 heavy (non-hydrogen) atoms. The van der Waals surface area contributed by atoms with Gasteiger partial charge >= 0.3 is 0 Å². The van der Waals surface area contributed by atoms with Crippen molar-refractivity contribution in [1.82, 2.24) is 14.7 Å². The highest BCUT2D eigenvalue weighted by Crippen LogP contribution is 2.19. The van der Waals surface area contributed by atoms with Crippen LogP contribution in [-0.2, 0) is 9.59 Å². The Morgan fingerprint density at radius 3 is 2.47 bits per heavy atom. The number of carbonyl (C=O) groups excluding carboxylic acids is 2. The number of amides is 2. The second-order valence-corrected chi connectivity index (χ2v) is 5.14. The Morgan fingerprint density at radius 1 is 1.24 bits per heavy atom. The summed E-state index contributed by atoms with van der Waals surface area (Å²) in [5, 5.41) is 0. The van der Waals surface area contributed by atoms with Gasteiger partial charge in [-0.3, -0.25) is 9.59 Å². The van der Waals surface area contributed by atoms with Gasteiger partial charge in [0.1, 0.15) is 0 Å². The van der Waals surface area contributed by atoms with Crippen molar-refractivity contribution in [2.24, 2.45) is 5.92 Å². The molecule has 5 heteroatoms. The molecule has 1 atom stereocenters. The van der Waals surface area contributed by atoms with Crippen LogP contribution >= 0.6 is 0 Å². The van der Waals surface area contributed by atoms with E-state index in [0.717, 1.165) is 25.9 Å². The number of carbonyl (C=O) groups is 2. The SMILES string of the molecule is CN1CCC(CC(=O)N2CCN(C=O)CC2)C1. The zero-order valence-electron chi connectivity index (χ0n) is 10.5. The molecule has 2 amide bonds. The fraction of sp³-hybridized carbons (Fsp3) is 0.833. The maximum absolute atomic E-state index is 12.1. The van der Waals surface area contributed by atoms with Crippen LogP contribution in [0.25, 0.3) is 0 Å². The Labute approximate surface area is 102 Å². The van der Waals surface area contributed by atoms with E-state index in [-0.39, 0.29) is 5.91 Å². The van der Waals surface area contributed by atoms with Gasteiger partial charge in [-0.25, -0.2) is 0 Å². The van der Waals surface area contributed by atoms with Gasteiger partial charge in [-0.05, 0) is 25.9 Å². The Balaban J connectivity index is 1.75. The van der Waals surface area contributed by atoms with Gasteiger partial charge in [-0.15, -0.1) is 0 Å². The molecule has 0 spiro atoms. The smallest absolute Gasteiger partial charge is 0.223 e. The molecule has 1 unspecified atom stereocenters. The minimum atomic E-state index is 0.260. The number of hydrogen-bond donors (Lipinski definition) is 0. The monoisotopic (exact) mass is 239 g/mol. The first-order valence-corrected chi connectivity index (χ1v) is 6.34. The first kappa shape index (κ1) is 12.4. The highest BCUT2D eigenvalue weighted by atomic mass is 16.2. The molecule has 0 aromatic heterocycles. The van der Waals surface area contributed by atoms with E-state index in [4.69, 9.17) is 0 Å². The topological polar surface area (TPSA) is 43.9 Å². The van der Waals surface area contributed by atoms with Crippen molar-refractivity contribution in [2.45, 2.75) is 12.8 Å². The van der Waals surface area contributed by atoms with Crippen molar-refractivity contribution in [3.05, 3.63) is 0 Å². The van der Waals surface area contributed by atoms with Crippen molar-refractivity contribution in [3.8, 4) is 0 Å². The Kier molecular flexibility index (Phi) is 3.99. The Bertz CT molecular complexity index is 287. The quantitative estimate of drug-likeness (QED) is 0.631. The van der Waals surface area contributed by atoms with Gasteiger partial charge < -0.3 is 14.7 Å². The summed E-state index contributed by atoms with van der Waals surface area (Å²) in [6, 6.07) is 0. The normalized spacial score (nSPS) is 26.3. The van der Waals surface area contributed by atoms with Crippen LogP contribution in [0.2, 0.25) is 0 Å². The maximum atomic E-state index is 12.1. The predicted molar refractivity (Wildman–Crippen MR) is 64.4 cm³/mol. The van der Waals surface area contributed by atoms with E-state index in [0.29, 0.717) is 38.5 Å². The first-order valence-electron chi connectivity index (χ1n) is 6.34. The highest BCUT2D eigenvalue weighted by molar-refractivity contribution is 5.76. The van der Waals surface area contributed by atoms with Gasteiger partial charge in [-0.1, -0.05) is 0 Å². The first-order chi connectivity index (χ1) is 8.19. The minimum Gasteiger partial charge on any atom is -0.342 e. The van der Waals surface area contributed by atoms with Gasteiger partial charge in [0.2, 0.25) is 12.3 Å². The van der Waals surface area contributed by atoms with Gasteiger partial charge in [-0.2, -0.15) is 0 Å². The molecule has 0 N–H and O–H groups in total. The molecule has 2 heterocycles. The minimum absolute atomic E-state index is 0.260. The molecule has 96 valence electrons. The van der Waals surface area contributed by atoms with E-state index in [1.165, 1.54) is 0 Å². The molecule has 0 saturated carbocycles. The van der Waals surface area contributed by atoms with Crippen LogP contribution in [0.5, 0.6) is 0 Å². The average molecular weight is 239 g/mol. The van der Waals surface area contributed by atoms with Crippen LogP contribution < -0.4 is 0 Å². The predicted octanol–water partition coefficient (Wildman–Crippen LogP) is -0.371. The summed E-state index contributed by atoms with van der Waals surface area (Å²) in [7, 11) is 2.10. The van der Waals surface area contributed by atoms with Crippen molar-refractivity contribution in [1.29, 1.82) is 0 Å². The van der Waals surface area contributed by atoms with Crippen LogP contribution in [0.15, 0.2) is 0 Å². The Hall–Kier alpha value is -1.10. The number of rotatable bonds is 3. The summed E-state index contributed by atoms with van der Waals surface area (Å²) < 4.78 is 0. The summed E-state index contributed by atoms with van der Waals surface area (Å²) in [5.41, 5.74) is 0. The fourth-order valence-electron chi connectivity index (χ4n) is 2.65. The second kappa shape index (κ2) is 5.49. The largest absolute Gasteiger partial charge is 0.342 e. The van der Waals surface area contributed by atoms with Gasteiger partial charge in [0.25, 0.3) is 0 Å². The van der Waals surface area contributed by atoms with Gasteiger partial charge in [0.15, 0.2) is 0 Å². The van der Waals surface area contributed by atoms with Crippen LogP contribution in [0.3, 0.4) is 0 Å². The van der Waals surface area contributed by atoms with E-state index >= 15 is 0 Å². The van der Waals surface area contributed by atoms with Crippen LogP contribution in [-0.4, -0.2) is 73.3 Å². The molecule has 2 fully saturated rings. The molecule has 0 bridgehead atoms. The summed E-state index contributed by atoms with van der Waals surface area (Å²) >= 11 is 0. The second-order valence-electron chi connectivity index (χ2n) is 5.14. The summed E-state index contributed by atoms with van der Waals surface area (Å²) in [5.74, 6) is 0.785. The number of hydrogen-bond acceptors (Lipinski definition) is 3. The zero-order chi connectivity index (χ0) is 12.3. The van der Waals surface area contributed by atoms with Crippen LogP contribution in [0.4, 0.5) is 0 Å². The molecular weight excluding hydrogens is 218 g/mol. The molecule has 0 radical (unpaired) electrons. The van der Waals surface area contributed by atoms with Gasteiger partial charge in [0.05, 0.1) is 0 Å². The summed E-state index contributed by atoms with van der Waals surface area (Å²) in [4.78, 5) is 28.5. The van der Waals surface area contributed by atoms with E-state index < -0.39 is 0 Å². The lowest BCUT2D eigenvalue weighted by Gasteiger charge is -2.33. The zero-order valence-corrected chi connectivity index (χ0v) is 10.5. The lowest BCUT2D eigenvalue weighted by molar-refractivity contribution is -0.135. The molecule has 5 nitrogen and oxygen atoms in total. The van der Waals surface area contributed by atoms with Crippen LogP contribution in [0, 0.1) is 5.92 Å². The van der Waals surface area contributed by atoms with E-state index in [1.807, 2.05) is 4.90 Å². The van der Waals surface area contributed by atoms with Crippen molar-refractivity contribution in [3.63, 3.8) is 0 Å². The number of nitrogens with zero attached hydrogens (tertiary/aromatic N) is 3. The third-order valence-corrected chi connectivity index (χ3v) is 3.77. The molecule has 2 rings (SSSR count). The third kappa shape index (κ3) is 3.19. The molecule has 0 aromatic rings. The number of likely N-dealkylation sites (tertiary alicyclic amines) is 1. The van der Waals surface area contributed by atoms with Crippen molar-refractivity contribution >= 4 is 12.3 Å². The highest BCUT2D eigenvalue weighted by Gasteiger charge is 2.26. The number of piperazine rings is 1. The maximum Gasteiger partial charge on any atom is 0.223 e. The fourth-order valence-corrected chi connectivity index (χ4v) is 2.65. The molecule has 0 aromatic carbocycles. The molecule has 0 aliphatic carbocycles. The van der Waals surface area contributed by atoms with Crippen molar-refractivity contribution in [2.75, 3.05) is 46.3 Å². The molecule has 2 saturated heterocycles. The van der Waals surface area contributed by atoms with Crippen molar-refractivity contribution < 1.29 is 9.59 Å². The van der Waals surface area contributed by atoms with E-state index in [2.05, 4.69) is 11.9 Å². The molecule has 2 aliphatic heterocycles. The van der Waals surface area contributed by atoms with Crippen LogP contribution in [0.1, 0.15) is 12.8 Å². The Morgan fingerprint density at radius 2 is 1.94 bits per heavy atom. The van der Waals surface area contributed by atoms with E-state index in [1.54, 1.807) is 4.90 Å².